The van der Waals surface area contributed by atoms with Gasteiger partial charge in [0.25, 0.3) is 0 Å². The van der Waals surface area contributed by atoms with Crippen LogP contribution in [-0.2, 0) is 0 Å². The number of urea groups is 1. The second-order valence-electron chi connectivity index (χ2n) is 2.41. The van der Waals surface area contributed by atoms with Crippen molar-refractivity contribution < 1.29 is 4.79 Å². The summed E-state index contributed by atoms with van der Waals surface area (Å²) < 4.78 is 2.45. The predicted octanol–water partition coefficient (Wildman–Crippen LogP) is 2.47. The molecule has 0 saturated heterocycles. The number of rotatable bonds is 1. The van der Waals surface area contributed by atoms with Gasteiger partial charge in [0.1, 0.15) is 0 Å². The molecule has 0 atom stereocenters. The van der Waals surface area contributed by atoms with Gasteiger partial charge in [-0.2, -0.15) is 0 Å². The van der Waals surface area contributed by atoms with Crippen LogP contribution < -0.4 is 8.85 Å². The summed E-state index contributed by atoms with van der Waals surface area (Å²) in [4.78, 5) is 10.8. The minimum absolute atomic E-state index is 0.209. The van der Waals surface area contributed by atoms with E-state index < -0.39 is 0 Å². The molecule has 1 aromatic carbocycles. The largest absolute Gasteiger partial charge is 0.327 e. The van der Waals surface area contributed by atoms with Crippen LogP contribution in [0.2, 0.25) is 0 Å². The molecule has 3 nitrogen and oxygen atoms in total. The molecule has 0 aromatic heterocycles. The van der Waals surface area contributed by atoms with Gasteiger partial charge in [0.05, 0.1) is 22.9 Å². The number of hydrogen-bond donors (Lipinski definition) is 2. The maximum Gasteiger partial charge on any atom is 0.327 e. The molecule has 0 fully saturated rings. The van der Waals surface area contributed by atoms with Crippen LogP contribution in [0.3, 0.4) is 0 Å². The van der Waals surface area contributed by atoms with E-state index in [-0.39, 0.29) is 6.03 Å². The van der Waals surface area contributed by atoms with Crippen molar-refractivity contribution in [2.24, 2.45) is 0 Å². The van der Waals surface area contributed by atoms with Crippen molar-refractivity contribution in [3.8, 4) is 0 Å². The summed E-state index contributed by atoms with van der Waals surface area (Å²) in [6.07, 6.45) is 0. The van der Waals surface area contributed by atoms with Gasteiger partial charge in [-0.05, 0) is 19.1 Å². The van der Waals surface area contributed by atoms with Gasteiger partial charge in [0.2, 0.25) is 0 Å². The van der Waals surface area contributed by atoms with E-state index in [9.17, 15) is 4.79 Å². The van der Waals surface area contributed by atoms with E-state index in [1.165, 1.54) is 5.56 Å². The van der Waals surface area contributed by atoms with Crippen LogP contribution in [0, 0.1) is 6.92 Å². The lowest BCUT2D eigenvalue weighted by Crippen LogP contribution is -2.19. The SMILES string of the molecule is Cc1ccc(NC(=O)NI)cc1. The topological polar surface area (TPSA) is 41.1 Å². The van der Waals surface area contributed by atoms with Crippen LogP contribution >= 0.6 is 22.9 Å². The fourth-order valence-electron chi connectivity index (χ4n) is 0.792. The third-order valence-electron chi connectivity index (χ3n) is 1.40. The number of hydrogen-bond acceptors (Lipinski definition) is 1. The van der Waals surface area contributed by atoms with E-state index in [0.29, 0.717) is 0 Å². The Bertz CT molecular complexity index is 271. The van der Waals surface area contributed by atoms with Crippen LogP contribution in [0.25, 0.3) is 0 Å². The number of aryl methyl sites for hydroxylation is 1. The van der Waals surface area contributed by atoms with Crippen LogP contribution in [-0.4, -0.2) is 6.03 Å². The number of carbonyl (C=O) groups excluding carboxylic acids is 1. The van der Waals surface area contributed by atoms with E-state index in [0.717, 1.165) is 5.69 Å². The first-order valence-corrected chi connectivity index (χ1v) is 4.54. The molecule has 1 aromatic rings. The highest BCUT2D eigenvalue weighted by Crippen LogP contribution is 2.07. The Kier molecular flexibility index (Phi) is 3.33. The number of carbonyl (C=O) groups is 1. The van der Waals surface area contributed by atoms with Crippen molar-refractivity contribution in [1.82, 2.24) is 3.53 Å². The molecule has 0 radical (unpaired) electrons. The smallest absolute Gasteiger partial charge is 0.307 e. The molecule has 0 aliphatic carbocycles. The Hall–Kier alpha value is -0.780. The third-order valence-corrected chi connectivity index (χ3v) is 1.89. The van der Waals surface area contributed by atoms with Crippen molar-refractivity contribution in [2.75, 3.05) is 5.32 Å². The van der Waals surface area contributed by atoms with Crippen LogP contribution in [0.4, 0.5) is 10.5 Å². The second-order valence-corrected chi connectivity index (χ2v) is 2.95. The minimum atomic E-state index is -0.209. The first kappa shape index (κ1) is 9.31. The van der Waals surface area contributed by atoms with Gasteiger partial charge in [0.15, 0.2) is 0 Å². The van der Waals surface area contributed by atoms with Crippen LogP contribution in [0.1, 0.15) is 5.56 Å². The Balaban J connectivity index is 2.64. The van der Waals surface area contributed by atoms with Gasteiger partial charge in [-0.1, -0.05) is 17.7 Å². The lowest BCUT2D eigenvalue weighted by molar-refractivity contribution is 0.258. The molecule has 2 amide bonds. The Morgan fingerprint density at radius 2 is 1.92 bits per heavy atom. The molecule has 12 heavy (non-hydrogen) atoms. The van der Waals surface area contributed by atoms with E-state index in [4.69, 9.17) is 0 Å². The zero-order chi connectivity index (χ0) is 8.97. The molecule has 0 spiro atoms. The zero-order valence-electron chi connectivity index (χ0n) is 6.60. The third kappa shape index (κ3) is 2.69. The maximum atomic E-state index is 10.8. The summed E-state index contributed by atoms with van der Waals surface area (Å²) in [5.41, 5.74) is 1.98. The zero-order valence-corrected chi connectivity index (χ0v) is 8.75. The average molecular weight is 276 g/mol. The molecule has 0 heterocycles. The van der Waals surface area contributed by atoms with E-state index in [1.807, 2.05) is 31.2 Å². The van der Waals surface area contributed by atoms with Crippen LogP contribution in [0.5, 0.6) is 0 Å². The van der Waals surface area contributed by atoms with Gasteiger partial charge >= 0.3 is 6.03 Å². The molecule has 1 rings (SSSR count). The quantitative estimate of drug-likeness (QED) is 0.600. The summed E-state index contributed by atoms with van der Waals surface area (Å²) in [6, 6.07) is 7.41. The van der Waals surface area contributed by atoms with Crippen LogP contribution in [0.15, 0.2) is 24.3 Å². The number of nitrogens with one attached hydrogen (secondary N) is 2. The fourth-order valence-corrected chi connectivity index (χ4v) is 0.926. The molecule has 0 aliphatic rings. The van der Waals surface area contributed by atoms with Crippen molar-refractivity contribution in [3.63, 3.8) is 0 Å². The second kappa shape index (κ2) is 4.30. The summed E-state index contributed by atoms with van der Waals surface area (Å²) >= 11 is 1.78. The first-order valence-electron chi connectivity index (χ1n) is 3.46. The number of benzene rings is 1. The van der Waals surface area contributed by atoms with Gasteiger partial charge in [-0.15, -0.1) is 0 Å². The monoisotopic (exact) mass is 276 g/mol. The maximum absolute atomic E-state index is 10.8. The summed E-state index contributed by atoms with van der Waals surface area (Å²) in [6.45, 7) is 2.00. The summed E-state index contributed by atoms with van der Waals surface area (Å²) in [5, 5.41) is 2.66. The van der Waals surface area contributed by atoms with Crippen molar-refractivity contribution in [3.05, 3.63) is 29.8 Å². The predicted molar refractivity (Wildman–Crippen MR) is 57.4 cm³/mol. The summed E-state index contributed by atoms with van der Waals surface area (Å²) in [5.74, 6) is 0. The molecule has 2 N–H and O–H groups in total. The molecule has 0 saturated carbocycles. The molecule has 64 valence electrons. The molecule has 0 unspecified atom stereocenters. The van der Waals surface area contributed by atoms with Gasteiger partial charge in [-0.25, -0.2) is 4.79 Å². The Morgan fingerprint density at radius 3 is 2.42 bits per heavy atom. The molecule has 4 heteroatoms. The summed E-state index contributed by atoms with van der Waals surface area (Å²) in [7, 11) is 0. The average Bonchev–Trinajstić information content (AvgIpc) is 2.09. The Morgan fingerprint density at radius 1 is 1.33 bits per heavy atom. The molecule has 0 aliphatic heterocycles. The fraction of sp³-hybridized carbons (Fsp3) is 0.125. The van der Waals surface area contributed by atoms with Gasteiger partial charge < -0.3 is 5.32 Å². The number of amides is 2. The minimum Gasteiger partial charge on any atom is -0.307 e. The molecule has 0 bridgehead atoms. The van der Waals surface area contributed by atoms with Crippen molar-refractivity contribution >= 4 is 34.6 Å². The number of halogens is 1. The normalized spacial score (nSPS) is 9.17. The standard InChI is InChI=1S/C8H9IN2O/c1-6-2-4-7(5-3-6)10-8(12)11-9/h2-5H,1H3,(H2,10,11,12). The van der Waals surface area contributed by atoms with Crippen molar-refractivity contribution in [1.29, 1.82) is 0 Å². The van der Waals surface area contributed by atoms with E-state index >= 15 is 0 Å². The first-order chi connectivity index (χ1) is 5.72. The lowest BCUT2D eigenvalue weighted by Gasteiger charge is -2.02. The highest BCUT2D eigenvalue weighted by atomic mass is 127. The lowest BCUT2D eigenvalue weighted by atomic mass is 10.2. The van der Waals surface area contributed by atoms with Gasteiger partial charge in [-0.3, -0.25) is 3.53 Å². The van der Waals surface area contributed by atoms with Gasteiger partial charge in [0, 0.05) is 5.69 Å². The molecular formula is C8H9IN2O. The highest BCUT2D eigenvalue weighted by molar-refractivity contribution is 14.1. The number of anilines is 1. The highest BCUT2D eigenvalue weighted by Gasteiger charge is 1.96. The van der Waals surface area contributed by atoms with E-state index in [2.05, 4.69) is 8.85 Å². The van der Waals surface area contributed by atoms with Crippen molar-refractivity contribution in [2.45, 2.75) is 6.92 Å². The Labute approximate surface area is 85.0 Å². The van der Waals surface area contributed by atoms with E-state index in [1.54, 1.807) is 22.9 Å². The molecular weight excluding hydrogens is 267 g/mol.